The van der Waals surface area contributed by atoms with Crippen molar-refractivity contribution >= 4 is 6.09 Å². The number of alkyl carbamates (subject to hydrolysis) is 1. The van der Waals surface area contributed by atoms with Crippen LogP contribution >= 0.6 is 0 Å². The molecule has 25 heavy (non-hydrogen) atoms. The molecule has 0 bridgehead atoms. The Morgan fingerprint density at radius 1 is 1.36 bits per heavy atom. The molecule has 5 nitrogen and oxygen atoms in total. The molecule has 0 heterocycles. The number of carbonyl (C=O) groups excluding carboxylic acids is 1. The number of carbonyl (C=O) groups is 1. The molecule has 1 aliphatic rings. The Bertz CT molecular complexity index is 609. The van der Waals surface area contributed by atoms with Gasteiger partial charge in [-0.25, -0.2) is 9.18 Å². The van der Waals surface area contributed by atoms with Crippen LogP contribution in [0.1, 0.15) is 58.6 Å². The van der Waals surface area contributed by atoms with Gasteiger partial charge in [0.25, 0.3) is 0 Å². The second-order valence-electron chi connectivity index (χ2n) is 7.76. The lowest BCUT2D eigenvalue weighted by molar-refractivity contribution is 0.0379. The molecule has 1 atom stereocenters. The van der Waals surface area contributed by atoms with Crippen molar-refractivity contribution in [3.8, 4) is 5.75 Å². The van der Waals surface area contributed by atoms with Gasteiger partial charge in [-0.15, -0.1) is 0 Å². The lowest BCUT2D eigenvalue weighted by Gasteiger charge is -2.43. The van der Waals surface area contributed by atoms with Gasteiger partial charge in [-0.05, 0) is 64.7 Å². The molecule has 1 aromatic rings. The minimum Gasteiger partial charge on any atom is -0.494 e. The first-order valence-corrected chi connectivity index (χ1v) is 8.72. The molecule has 0 spiro atoms. The Kier molecular flexibility index (Phi) is 5.93. The van der Waals surface area contributed by atoms with E-state index in [0.717, 1.165) is 24.8 Å². The molecular formula is C19H29FN2O3. The lowest BCUT2D eigenvalue weighted by atomic mass is 9.76. The molecule has 6 heteroatoms. The van der Waals surface area contributed by atoms with Gasteiger partial charge >= 0.3 is 6.09 Å². The van der Waals surface area contributed by atoms with Crippen LogP contribution in [0.25, 0.3) is 0 Å². The van der Waals surface area contributed by atoms with E-state index in [1.54, 1.807) is 12.1 Å². The number of halogens is 1. The van der Waals surface area contributed by atoms with E-state index in [1.807, 2.05) is 27.7 Å². The molecule has 0 aliphatic heterocycles. The zero-order valence-electron chi connectivity index (χ0n) is 15.7. The Balaban J connectivity index is 1.94. The van der Waals surface area contributed by atoms with E-state index in [-0.39, 0.29) is 29.2 Å². The fourth-order valence-electron chi connectivity index (χ4n) is 2.88. The van der Waals surface area contributed by atoms with Gasteiger partial charge < -0.3 is 20.1 Å². The maximum atomic E-state index is 13.5. The molecular weight excluding hydrogens is 323 g/mol. The van der Waals surface area contributed by atoms with E-state index >= 15 is 0 Å². The zero-order valence-corrected chi connectivity index (χ0v) is 15.7. The summed E-state index contributed by atoms with van der Waals surface area (Å²) < 4.78 is 23.9. The fourth-order valence-corrected chi connectivity index (χ4v) is 2.88. The highest BCUT2D eigenvalue weighted by Crippen LogP contribution is 2.32. The van der Waals surface area contributed by atoms with Crippen molar-refractivity contribution in [2.45, 2.75) is 64.1 Å². The van der Waals surface area contributed by atoms with Crippen molar-refractivity contribution in [1.29, 1.82) is 0 Å². The largest absolute Gasteiger partial charge is 0.494 e. The average Bonchev–Trinajstić information content (AvgIpc) is 2.48. The van der Waals surface area contributed by atoms with E-state index in [4.69, 9.17) is 9.47 Å². The number of methoxy groups -OCH3 is 1. The van der Waals surface area contributed by atoms with Crippen LogP contribution in [0, 0.1) is 5.82 Å². The number of nitrogens with one attached hydrogen (secondary N) is 2. The van der Waals surface area contributed by atoms with Crippen molar-refractivity contribution in [3.05, 3.63) is 29.6 Å². The Labute approximate surface area is 149 Å². The second kappa shape index (κ2) is 7.60. The van der Waals surface area contributed by atoms with Gasteiger partial charge in [0.15, 0.2) is 11.6 Å². The zero-order chi connectivity index (χ0) is 18.7. The highest BCUT2D eigenvalue weighted by atomic mass is 19.1. The summed E-state index contributed by atoms with van der Waals surface area (Å²) in [5, 5.41) is 6.45. The quantitative estimate of drug-likeness (QED) is 0.814. The maximum absolute atomic E-state index is 13.5. The summed E-state index contributed by atoms with van der Waals surface area (Å²) in [6.45, 7) is 8.19. The van der Waals surface area contributed by atoms with E-state index in [9.17, 15) is 9.18 Å². The minimum absolute atomic E-state index is 0.00686. The SMILES string of the molecule is COc1cc(C(C)NCC2(NC(=O)OC(C)(C)C)CCC2)ccc1F. The van der Waals surface area contributed by atoms with Crippen molar-refractivity contribution < 1.29 is 18.7 Å². The van der Waals surface area contributed by atoms with Gasteiger partial charge in [0.05, 0.1) is 12.6 Å². The molecule has 1 amide bonds. The van der Waals surface area contributed by atoms with Crippen LogP contribution in [0.3, 0.4) is 0 Å². The van der Waals surface area contributed by atoms with Crippen LogP contribution in [-0.4, -0.2) is 30.9 Å². The summed E-state index contributed by atoms with van der Waals surface area (Å²) in [5.74, 6) is -0.142. The van der Waals surface area contributed by atoms with Crippen molar-refractivity contribution in [3.63, 3.8) is 0 Å². The average molecular weight is 352 g/mol. The van der Waals surface area contributed by atoms with E-state index in [1.165, 1.54) is 13.2 Å². The molecule has 0 radical (unpaired) electrons. The third-order valence-corrected chi connectivity index (χ3v) is 4.50. The molecule has 140 valence electrons. The summed E-state index contributed by atoms with van der Waals surface area (Å²) in [6, 6.07) is 4.85. The summed E-state index contributed by atoms with van der Waals surface area (Å²) in [6.07, 6.45) is 2.53. The molecule has 2 rings (SSSR count). The number of hydrogen-bond acceptors (Lipinski definition) is 4. The highest BCUT2D eigenvalue weighted by molar-refractivity contribution is 5.69. The highest BCUT2D eigenvalue weighted by Gasteiger charge is 2.39. The monoisotopic (exact) mass is 352 g/mol. The lowest BCUT2D eigenvalue weighted by Crippen LogP contribution is -2.60. The van der Waals surface area contributed by atoms with Crippen LogP contribution in [0.2, 0.25) is 0 Å². The van der Waals surface area contributed by atoms with E-state index in [0.29, 0.717) is 6.54 Å². The van der Waals surface area contributed by atoms with E-state index in [2.05, 4.69) is 10.6 Å². The fraction of sp³-hybridized carbons (Fsp3) is 0.632. The number of rotatable bonds is 6. The maximum Gasteiger partial charge on any atom is 0.408 e. The number of amides is 1. The van der Waals surface area contributed by atoms with Gasteiger partial charge in [0.2, 0.25) is 0 Å². The first-order valence-electron chi connectivity index (χ1n) is 8.72. The predicted octanol–water partition coefficient (Wildman–Crippen LogP) is 3.93. The van der Waals surface area contributed by atoms with Crippen molar-refractivity contribution in [2.75, 3.05) is 13.7 Å². The van der Waals surface area contributed by atoms with Crippen LogP contribution in [0.15, 0.2) is 18.2 Å². The van der Waals surface area contributed by atoms with Crippen LogP contribution < -0.4 is 15.4 Å². The van der Waals surface area contributed by atoms with Gasteiger partial charge in [0, 0.05) is 12.6 Å². The number of benzene rings is 1. The molecule has 1 aromatic carbocycles. The second-order valence-corrected chi connectivity index (χ2v) is 7.76. The van der Waals surface area contributed by atoms with Gasteiger partial charge in [-0.3, -0.25) is 0 Å². The Morgan fingerprint density at radius 3 is 2.56 bits per heavy atom. The molecule has 2 N–H and O–H groups in total. The molecule has 0 saturated heterocycles. The first kappa shape index (κ1) is 19.5. The third kappa shape index (κ3) is 5.33. The molecule has 1 saturated carbocycles. The van der Waals surface area contributed by atoms with Gasteiger partial charge in [-0.2, -0.15) is 0 Å². The Hall–Kier alpha value is -1.82. The predicted molar refractivity (Wildman–Crippen MR) is 95.3 cm³/mol. The minimum atomic E-state index is -0.513. The summed E-state index contributed by atoms with van der Waals surface area (Å²) in [4.78, 5) is 12.1. The van der Waals surface area contributed by atoms with Gasteiger partial charge in [-0.1, -0.05) is 6.07 Å². The summed E-state index contributed by atoms with van der Waals surface area (Å²) >= 11 is 0. The summed E-state index contributed by atoms with van der Waals surface area (Å²) in [7, 11) is 1.45. The van der Waals surface area contributed by atoms with Crippen LogP contribution in [0.4, 0.5) is 9.18 Å². The van der Waals surface area contributed by atoms with Crippen LogP contribution in [0.5, 0.6) is 5.75 Å². The van der Waals surface area contributed by atoms with Crippen molar-refractivity contribution in [1.82, 2.24) is 10.6 Å². The molecule has 1 aliphatic carbocycles. The summed E-state index contributed by atoms with van der Waals surface area (Å²) in [5.41, 5.74) is 0.145. The van der Waals surface area contributed by atoms with E-state index < -0.39 is 5.60 Å². The standard InChI is InChI=1S/C19H29FN2O3/c1-13(14-7-8-15(20)16(11-14)24-5)21-12-19(9-6-10-19)22-17(23)25-18(2,3)4/h7-8,11,13,21H,6,9-10,12H2,1-5H3,(H,22,23). The topological polar surface area (TPSA) is 59.6 Å². The van der Waals surface area contributed by atoms with Gasteiger partial charge in [0.1, 0.15) is 5.60 Å². The Morgan fingerprint density at radius 2 is 2.04 bits per heavy atom. The molecule has 1 unspecified atom stereocenters. The molecule has 0 aromatic heterocycles. The molecule has 1 fully saturated rings. The normalized spacial score (nSPS) is 17.4. The smallest absolute Gasteiger partial charge is 0.408 e. The first-order chi connectivity index (χ1) is 11.6. The number of hydrogen-bond donors (Lipinski definition) is 2. The van der Waals surface area contributed by atoms with Crippen LogP contribution in [-0.2, 0) is 4.74 Å². The third-order valence-electron chi connectivity index (χ3n) is 4.50. The van der Waals surface area contributed by atoms with Crippen molar-refractivity contribution in [2.24, 2.45) is 0 Å². The number of ether oxygens (including phenoxy) is 2.